The molecule has 0 saturated carbocycles. The van der Waals surface area contributed by atoms with Gasteiger partial charge in [-0.25, -0.2) is 4.39 Å². The van der Waals surface area contributed by atoms with E-state index in [1.807, 2.05) is 0 Å². The van der Waals surface area contributed by atoms with Crippen molar-refractivity contribution in [2.45, 2.75) is 12.8 Å². The summed E-state index contributed by atoms with van der Waals surface area (Å²) in [5, 5.41) is 1.04. The summed E-state index contributed by atoms with van der Waals surface area (Å²) < 4.78 is 13.7. The van der Waals surface area contributed by atoms with Crippen molar-refractivity contribution in [1.82, 2.24) is 4.90 Å². The maximum absolute atomic E-state index is 13.7. The Bertz CT molecular complexity index is 434. The lowest BCUT2D eigenvalue weighted by Crippen LogP contribution is -2.40. The summed E-state index contributed by atoms with van der Waals surface area (Å²) in [5.74, 6) is -0.412. The first kappa shape index (κ1) is 13.8. The minimum atomic E-state index is -0.548. The number of amides is 1. The van der Waals surface area contributed by atoms with Crippen molar-refractivity contribution < 1.29 is 9.18 Å². The normalized spacial score (nSPS) is 19.9. The molecular weight excluding hydrogens is 321 g/mol. The number of nitrogens with zero attached hydrogens (tertiary/aromatic N) is 1. The van der Waals surface area contributed by atoms with Crippen LogP contribution in [0.15, 0.2) is 18.2 Å². The Hall–Kier alpha value is -0.610. The third-order valence-electron chi connectivity index (χ3n) is 3.20. The third-order valence-corrected chi connectivity index (χ3v) is 4.43. The predicted molar refractivity (Wildman–Crippen MR) is 73.8 cm³/mol. The van der Waals surface area contributed by atoms with Gasteiger partial charge in [0.05, 0.1) is 10.6 Å². The molecule has 0 aliphatic carbocycles. The number of likely N-dealkylation sites (tertiary alicyclic amines) is 1. The highest BCUT2D eigenvalue weighted by atomic mass is 79.9. The minimum absolute atomic E-state index is 0.00520. The molecule has 1 aromatic carbocycles. The Morgan fingerprint density at radius 1 is 1.56 bits per heavy atom. The van der Waals surface area contributed by atoms with Crippen LogP contribution in [0.5, 0.6) is 0 Å². The lowest BCUT2D eigenvalue weighted by Gasteiger charge is -2.32. The molecule has 2 rings (SSSR count). The summed E-state index contributed by atoms with van der Waals surface area (Å²) in [6.45, 7) is 1.34. The zero-order chi connectivity index (χ0) is 13.1. The van der Waals surface area contributed by atoms with Gasteiger partial charge >= 0.3 is 0 Å². The average Bonchev–Trinajstić information content (AvgIpc) is 2.38. The van der Waals surface area contributed by atoms with Crippen LogP contribution >= 0.6 is 27.5 Å². The maximum atomic E-state index is 13.7. The van der Waals surface area contributed by atoms with E-state index in [2.05, 4.69) is 15.9 Å². The summed E-state index contributed by atoms with van der Waals surface area (Å²) in [6, 6.07) is 4.32. The third kappa shape index (κ3) is 2.86. The van der Waals surface area contributed by atoms with Gasteiger partial charge in [-0.1, -0.05) is 33.6 Å². The van der Waals surface area contributed by atoms with Crippen LogP contribution in [0.4, 0.5) is 4.39 Å². The molecule has 1 heterocycles. The first-order valence-electron chi connectivity index (χ1n) is 5.92. The highest BCUT2D eigenvalue weighted by molar-refractivity contribution is 9.09. The van der Waals surface area contributed by atoms with Crippen LogP contribution in [-0.4, -0.2) is 29.2 Å². The molecule has 0 radical (unpaired) electrons. The van der Waals surface area contributed by atoms with Crippen molar-refractivity contribution >= 4 is 33.4 Å². The number of rotatable bonds is 2. The van der Waals surface area contributed by atoms with Crippen molar-refractivity contribution in [2.75, 3.05) is 18.4 Å². The lowest BCUT2D eigenvalue weighted by molar-refractivity contribution is 0.0681. The Kier molecular flexibility index (Phi) is 4.62. The Labute approximate surface area is 119 Å². The van der Waals surface area contributed by atoms with Crippen molar-refractivity contribution in [2.24, 2.45) is 5.92 Å². The largest absolute Gasteiger partial charge is 0.338 e. The second-order valence-corrected chi connectivity index (χ2v) is 5.57. The van der Waals surface area contributed by atoms with Gasteiger partial charge in [0, 0.05) is 18.4 Å². The molecule has 5 heteroatoms. The van der Waals surface area contributed by atoms with Crippen LogP contribution in [-0.2, 0) is 0 Å². The predicted octanol–water partition coefficient (Wildman–Crippen LogP) is 3.73. The van der Waals surface area contributed by atoms with Gasteiger partial charge in [0.2, 0.25) is 0 Å². The van der Waals surface area contributed by atoms with Crippen LogP contribution in [0.25, 0.3) is 0 Å². The number of benzene rings is 1. The lowest BCUT2D eigenvalue weighted by atomic mass is 9.99. The first-order chi connectivity index (χ1) is 8.63. The van der Waals surface area contributed by atoms with Gasteiger partial charge in [0.15, 0.2) is 0 Å². The molecule has 1 aliphatic heterocycles. The minimum Gasteiger partial charge on any atom is -0.338 e. The van der Waals surface area contributed by atoms with Crippen molar-refractivity contribution in [3.8, 4) is 0 Å². The Morgan fingerprint density at radius 2 is 2.33 bits per heavy atom. The molecule has 1 atom stereocenters. The zero-order valence-electron chi connectivity index (χ0n) is 9.83. The fourth-order valence-electron chi connectivity index (χ4n) is 2.24. The van der Waals surface area contributed by atoms with E-state index in [9.17, 15) is 9.18 Å². The zero-order valence-corrected chi connectivity index (χ0v) is 12.2. The summed E-state index contributed by atoms with van der Waals surface area (Å²) in [4.78, 5) is 14.0. The number of hydrogen-bond acceptors (Lipinski definition) is 1. The molecule has 0 N–H and O–H groups in total. The summed E-state index contributed by atoms with van der Waals surface area (Å²) in [6.07, 6.45) is 2.05. The molecule has 1 aliphatic rings. The second kappa shape index (κ2) is 6.02. The second-order valence-electron chi connectivity index (χ2n) is 4.51. The maximum Gasteiger partial charge on any atom is 0.258 e. The average molecular weight is 335 g/mol. The molecular formula is C13H14BrClFNO. The summed E-state index contributed by atoms with van der Waals surface area (Å²) in [7, 11) is 0. The highest BCUT2D eigenvalue weighted by Gasteiger charge is 2.26. The fraction of sp³-hybridized carbons (Fsp3) is 0.462. The summed E-state index contributed by atoms with van der Waals surface area (Å²) >= 11 is 9.35. The van der Waals surface area contributed by atoms with Crippen LogP contribution in [0.3, 0.4) is 0 Å². The van der Waals surface area contributed by atoms with Gasteiger partial charge in [-0.3, -0.25) is 4.79 Å². The monoisotopic (exact) mass is 333 g/mol. The van der Waals surface area contributed by atoms with Gasteiger partial charge < -0.3 is 4.90 Å². The van der Waals surface area contributed by atoms with E-state index in [1.54, 1.807) is 11.0 Å². The number of carbonyl (C=O) groups is 1. The van der Waals surface area contributed by atoms with Gasteiger partial charge in [-0.15, -0.1) is 0 Å². The van der Waals surface area contributed by atoms with E-state index in [4.69, 9.17) is 11.6 Å². The van der Waals surface area contributed by atoms with E-state index < -0.39 is 5.82 Å². The van der Waals surface area contributed by atoms with Crippen molar-refractivity contribution in [3.63, 3.8) is 0 Å². The topological polar surface area (TPSA) is 20.3 Å². The SMILES string of the molecule is O=C(c1c(F)cccc1Cl)N1CCCC(CBr)C1. The molecule has 1 saturated heterocycles. The molecule has 98 valence electrons. The quantitative estimate of drug-likeness (QED) is 0.755. The molecule has 1 unspecified atom stereocenters. The standard InChI is InChI=1S/C13H14BrClFNO/c14-7-9-3-2-6-17(8-9)13(18)12-10(15)4-1-5-11(12)16/h1,4-5,9H,2-3,6-8H2. The number of halogens is 3. The molecule has 2 nitrogen and oxygen atoms in total. The smallest absolute Gasteiger partial charge is 0.258 e. The molecule has 0 spiro atoms. The van der Waals surface area contributed by atoms with E-state index in [1.165, 1.54) is 12.1 Å². The van der Waals surface area contributed by atoms with Gasteiger partial charge in [-0.05, 0) is 30.9 Å². The molecule has 1 fully saturated rings. The molecule has 0 bridgehead atoms. The van der Waals surface area contributed by atoms with Gasteiger partial charge in [0.1, 0.15) is 5.82 Å². The molecule has 1 aromatic rings. The molecule has 18 heavy (non-hydrogen) atoms. The van der Waals surface area contributed by atoms with Crippen LogP contribution in [0.2, 0.25) is 5.02 Å². The molecule has 0 aromatic heterocycles. The van der Waals surface area contributed by atoms with E-state index in [0.717, 1.165) is 18.2 Å². The number of piperidine rings is 1. The van der Waals surface area contributed by atoms with E-state index in [-0.39, 0.29) is 16.5 Å². The Morgan fingerprint density at radius 3 is 3.00 bits per heavy atom. The van der Waals surface area contributed by atoms with Gasteiger partial charge in [-0.2, -0.15) is 0 Å². The summed E-state index contributed by atoms with van der Waals surface area (Å²) in [5.41, 5.74) is -0.00520. The molecule has 1 amide bonds. The van der Waals surface area contributed by atoms with Gasteiger partial charge in [0.25, 0.3) is 5.91 Å². The van der Waals surface area contributed by atoms with Crippen molar-refractivity contribution in [3.05, 3.63) is 34.6 Å². The van der Waals surface area contributed by atoms with Crippen LogP contribution < -0.4 is 0 Å². The first-order valence-corrected chi connectivity index (χ1v) is 7.42. The number of carbonyl (C=O) groups excluding carboxylic acids is 1. The number of hydrogen-bond donors (Lipinski definition) is 0. The van der Waals surface area contributed by atoms with Crippen molar-refractivity contribution in [1.29, 1.82) is 0 Å². The van der Waals surface area contributed by atoms with Crippen LogP contribution in [0.1, 0.15) is 23.2 Å². The fourth-order valence-corrected chi connectivity index (χ4v) is 3.01. The van der Waals surface area contributed by atoms with Crippen LogP contribution in [0, 0.1) is 11.7 Å². The number of alkyl halides is 1. The van der Waals surface area contributed by atoms with E-state index >= 15 is 0 Å². The highest BCUT2D eigenvalue weighted by Crippen LogP contribution is 2.24. The van der Waals surface area contributed by atoms with E-state index in [0.29, 0.717) is 19.0 Å². The Balaban J connectivity index is 2.20.